The second-order valence-corrected chi connectivity index (χ2v) is 14.7. The van der Waals surface area contributed by atoms with Crippen molar-refractivity contribution in [2.24, 2.45) is 46.3 Å². The lowest BCUT2D eigenvalue weighted by Crippen LogP contribution is -2.39. The van der Waals surface area contributed by atoms with Crippen molar-refractivity contribution in [2.75, 3.05) is 0 Å². The first-order chi connectivity index (χ1) is 17.6. The van der Waals surface area contributed by atoms with Crippen LogP contribution in [-0.2, 0) is 28.6 Å². The van der Waals surface area contributed by atoms with Crippen molar-refractivity contribution in [3.8, 4) is 0 Å². The third-order valence-electron chi connectivity index (χ3n) is 10.5. The molecule has 0 aromatic carbocycles. The average Bonchev–Trinajstić information content (AvgIpc) is 3.61. The van der Waals surface area contributed by atoms with Crippen molar-refractivity contribution < 1.29 is 33.7 Å². The first kappa shape index (κ1) is 29.4. The second kappa shape index (κ2) is 10.4. The van der Waals surface area contributed by atoms with E-state index in [1.807, 2.05) is 55.4 Å². The summed E-state index contributed by atoms with van der Waals surface area (Å²) in [6.07, 6.45) is 7.28. The van der Waals surface area contributed by atoms with Crippen LogP contribution in [0.5, 0.6) is 0 Å². The fraction of sp³-hybridized carbons (Fsp3) is 0.903. The number of carbonyl (C=O) groups excluding carboxylic acids is 3. The van der Waals surface area contributed by atoms with Crippen LogP contribution in [0.3, 0.4) is 0 Å². The molecule has 1 N–H and O–H groups in total. The van der Waals surface area contributed by atoms with E-state index < -0.39 is 11.0 Å². The van der Waals surface area contributed by atoms with Gasteiger partial charge in [0.05, 0.1) is 22.3 Å². The van der Waals surface area contributed by atoms with E-state index in [1.165, 1.54) is 6.42 Å². The van der Waals surface area contributed by atoms with Crippen LogP contribution in [0.1, 0.15) is 107 Å². The van der Waals surface area contributed by atoms with Gasteiger partial charge < -0.3 is 19.3 Å². The van der Waals surface area contributed by atoms with Gasteiger partial charge in [-0.2, -0.15) is 0 Å². The minimum absolute atomic E-state index is 0.0448. The van der Waals surface area contributed by atoms with Crippen LogP contribution in [0.2, 0.25) is 0 Å². The zero-order chi connectivity index (χ0) is 28.2. The van der Waals surface area contributed by atoms with Gasteiger partial charge in [0.2, 0.25) is 0 Å². The van der Waals surface area contributed by atoms with Crippen LogP contribution >= 0.6 is 0 Å². The summed E-state index contributed by atoms with van der Waals surface area (Å²) < 4.78 is 16.8. The highest BCUT2D eigenvalue weighted by atomic mass is 16.6. The summed E-state index contributed by atoms with van der Waals surface area (Å²) in [4.78, 5) is 35.9. The van der Waals surface area contributed by atoms with E-state index in [0.717, 1.165) is 44.9 Å². The topological polar surface area (TPSA) is 99.1 Å². The lowest BCUT2D eigenvalue weighted by atomic mass is 9.80. The fourth-order valence-electron chi connectivity index (χ4n) is 7.31. The first-order valence-corrected chi connectivity index (χ1v) is 14.9. The molecule has 216 valence electrons. The summed E-state index contributed by atoms with van der Waals surface area (Å²) in [5.41, 5.74) is -1.40. The minimum Gasteiger partial charge on any atom is -0.462 e. The molecule has 38 heavy (non-hydrogen) atoms. The van der Waals surface area contributed by atoms with Gasteiger partial charge in [-0.25, -0.2) is 0 Å². The lowest BCUT2D eigenvalue weighted by Gasteiger charge is -2.33. The van der Waals surface area contributed by atoms with Crippen molar-refractivity contribution in [2.45, 2.75) is 131 Å². The summed E-state index contributed by atoms with van der Waals surface area (Å²) in [6.45, 7) is 15.5. The van der Waals surface area contributed by atoms with Crippen molar-refractivity contribution in [3.05, 3.63) is 0 Å². The van der Waals surface area contributed by atoms with E-state index in [2.05, 4.69) is 0 Å². The monoisotopic (exact) mass is 534 g/mol. The Kier molecular flexibility index (Phi) is 8.04. The summed E-state index contributed by atoms with van der Waals surface area (Å²) in [6, 6.07) is 0. The van der Waals surface area contributed by atoms with Crippen LogP contribution in [-0.4, -0.2) is 46.9 Å². The third-order valence-corrected chi connectivity index (χ3v) is 10.5. The molecule has 7 nitrogen and oxygen atoms in total. The van der Waals surface area contributed by atoms with E-state index in [-0.39, 0.29) is 47.6 Å². The van der Waals surface area contributed by atoms with E-state index >= 15 is 0 Å². The number of aliphatic hydroxyl groups is 1. The van der Waals surface area contributed by atoms with Gasteiger partial charge in [-0.05, 0) is 111 Å². The van der Waals surface area contributed by atoms with Crippen LogP contribution < -0.4 is 0 Å². The summed E-state index contributed by atoms with van der Waals surface area (Å²) in [5, 5.41) is 9.97. The van der Waals surface area contributed by atoms with E-state index in [1.54, 1.807) is 0 Å². The molecule has 0 aromatic heterocycles. The van der Waals surface area contributed by atoms with Crippen molar-refractivity contribution >= 4 is 17.9 Å². The number of rotatable bonds is 8. The maximum absolute atomic E-state index is 12.2. The molecule has 4 aliphatic carbocycles. The SMILES string of the molecule is CCC(C)(C)C(=O)OC1C2CC3C(=O)OC1C3C2.CCC(C)(C)C(=O)OC1CC2CC1CC2CC(C)(C)O. The Balaban J connectivity index is 0.000000178. The number of carbonyl (C=O) groups is 3. The van der Waals surface area contributed by atoms with Gasteiger partial charge in [-0.15, -0.1) is 0 Å². The number of esters is 3. The quantitative estimate of drug-likeness (QED) is 0.326. The smallest absolute Gasteiger partial charge is 0.311 e. The predicted octanol–water partition coefficient (Wildman–Crippen LogP) is 5.46. The molecule has 0 amide bonds. The van der Waals surface area contributed by atoms with Crippen molar-refractivity contribution in [3.63, 3.8) is 0 Å². The molecule has 5 fully saturated rings. The van der Waals surface area contributed by atoms with Gasteiger partial charge in [0, 0.05) is 11.8 Å². The molecule has 5 rings (SSSR count). The molecule has 5 aliphatic rings. The van der Waals surface area contributed by atoms with E-state index in [4.69, 9.17) is 14.2 Å². The highest BCUT2D eigenvalue weighted by Gasteiger charge is 2.63. The zero-order valence-electron chi connectivity index (χ0n) is 24.7. The minimum atomic E-state index is -0.578. The van der Waals surface area contributed by atoms with E-state index in [9.17, 15) is 19.5 Å². The molecule has 1 saturated heterocycles. The molecule has 9 unspecified atom stereocenters. The highest BCUT2D eigenvalue weighted by Crippen LogP contribution is 2.56. The standard InChI is InChI=1S/C17H30O3.C14H20O4/c1-6-16(2,3)15(18)20-14-9-11-7-12(14)8-13(11)10-17(4,5)19;1-4-14(2,3)13(16)18-10-7-5-8-9(6-7)12(15)17-11(8)10/h11-14,19H,6-10H2,1-5H3;7-11H,4-6H2,1-3H3. The van der Waals surface area contributed by atoms with Gasteiger partial charge in [-0.1, -0.05) is 13.8 Å². The Bertz CT molecular complexity index is 916. The number of hydrogen-bond donors (Lipinski definition) is 1. The first-order valence-electron chi connectivity index (χ1n) is 14.9. The third kappa shape index (κ3) is 5.78. The molecular weight excluding hydrogens is 484 g/mol. The Morgan fingerprint density at radius 3 is 1.97 bits per heavy atom. The Morgan fingerprint density at radius 1 is 0.842 bits per heavy atom. The Morgan fingerprint density at radius 2 is 1.45 bits per heavy atom. The highest BCUT2D eigenvalue weighted by molar-refractivity contribution is 5.78. The number of ether oxygens (including phenoxy) is 3. The zero-order valence-corrected chi connectivity index (χ0v) is 24.7. The Hall–Kier alpha value is -1.63. The maximum atomic E-state index is 12.2. The predicted molar refractivity (Wildman–Crippen MR) is 143 cm³/mol. The molecule has 9 atom stereocenters. The normalized spacial score (nSPS) is 37.1. The number of fused-ring (bicyclic) bond motifs is 3. The van der Waals surface area contributed by atoms with Crippen LogP contribution in [0.25, 0.3) is 0 Å². The van der Waals surface area contributed by atoms with Gasteiger partial charge in [-0.3, -0.25) is 14.4 Å². The summed E-state index contributed by atoms with van der Waals surface area (Å²) in [5.74, 6) is 2.17. The van der Waals surface area contributed by atoms with Gasteiger partial charge in [0.15, 0.2) is 0 Å². The summed E-state index contributed by atoms with van der Waals surface area (Å²) in [7, 11) is 0. The van der Waals surface area contributed by atoms with Crippen LogP contribution in [0.4, 0.5) is 0 Å². The maximum Gasteiger partial charge on any atom is 0.311 e. The molecule has 4 bridgehead atoms. The van der Waals surface area contributed by atoms with Crippen molar-refractivity contribution in [1.29, 1.82) is 0 Å². The van der Waals surface area contributed by atoms with E-state index in [0.29, 0.717) is 29.6 Å². The van der Waals surface area contributed by atoms with Crippen LogP contribution in [0, 0.1) is 46.3 Å². The number of hydrogen-bond acceptors (Lipinski definition) is 7. The molecule has 0 radical (unpaired) electrons. The van der Waals surface area contributed by atoms with Gasteiger partial charge in [0.25, 0.3) is 0 Å². The molecule has 1 aliphatic heterocycles. The molecule has 0 spiro atoms. The van der Waals surface area contributed by atoms with Crippen LogP contribution in [0.15, 0.2) is 0 Å². The summed E-state index contributed by atoms with van der Waals surface area (Å²) >= 11 is 0. The average molecular weight is 535 g/mol. The second-order valence-electron chi connectivity index (χ2n) is 14.7. The fourth-order valence-corrected chi connectivity index (χ4v) is 7.31. The van der Waals surface area contributed by atoms with Gasteiger partial charge in [0.1, 0.15) is 18.3 Å². The van der Waals surface area contributed by atoms with Crippen molar-refractivity contribution in [1.82, 2.24) is 0 Å². The molecule has 4 saturated carbocycles. The largest absolute Gasteiger partial charge is 0.462 e. The molecular formula is C31H50O7. The lowest BCUT2D eigenvalue weighted by molar-refractivity contribution is -0.170. The Labute approximate surface area is 228 Å². The molecule has 1 heterocycles. The van der Waals surface area contributed by atoms with Gasteiger partial charge >= 0.3 is 17.9 Å². The molecule has 7 heteroatoms. The molecule has 0 aromatic rings.